The summed E-state index contributed by atoms with van der Waals surface area (Å²) in [6.45, 7) is 0.223. The van der Waals surface area contributed by atoms with Crippen LogP contribution in [0.3, 0.4) is 0 Å². The van der Waals surface area contributed by atoms with Crippen LogP contribution in [0, 0.1) is 15.9 Å². The van der Waals surface area contributed by atoms with Gasteiger partial charge in [0.1, 0.15) is 5.82 Å². The Morgan fingerprint density at radius 3 is 2.60 bits per heavy atom. The van der Waals surface area contributed by atoms with Gasteiger partial charge in [-0.05, 0) is 29.8 Å². The van der Waals surface area contributed by atoms with Crippen LogP contribution < -0.4 is 5.32 Å². The number of hydrogen-bond acceptors (Lipinski definition) is 3. The van der Waals surface area contributed by atoms with Gasteiger partial charge in [-0.2, -0.15) is 0 Å². The van der Waals surface area contributed by atoms with E-state index in [-0.39, 0.29) is 17.3 Å². The third-order valence-electron chi connectivity index (χ3n) is 2.59. The molecule has 0 saturated heterocycles. The Morgan fingerprint density at radius 1 is 1.20 bits per heavy atom. The monoisotopic (exact) mass is 314 g/mol. The van der Waals surface area contributed by atoms with E-state index in [2.05, 4.69) is 5.32 Å². The van der Waals surface area contributed by atoms with Crippen molar-refractivity contribution in [2.75, 3.05) is 5.32 Å². The molecule has 4 nitrogen and oxygen atoms in total. The summed E-state index contributed by atoms with van der Waals surface area (Å²) in [7, 11) is 0. The first-order chi connectivity index (χ1) is 9.45. The molecule has 2 aromatic carbocycles. The predicted molar refractivity (Wildman–Crippen MR) is 76.8 cm³/mol. The molecule has 104 valence electrons. The van der Waals surface area contributed by atoms with E-state index in [4.69, 9.17) is 23.2 Å². The van der Waals surface area contributed by atoms with E-state index in [0.717, 1.165) is 0 Å². The summed E-state index contributed by atoms with van der Waals surface area (Å²) in [6, 6.07) is 8.16. The van der Waals surface area contributed by atoms with E-state index in [9.17, 15) is 14.5 Å². The topological polar surface area (TPSA) is 55.2 Å². The molecule has 0 spiro atoms. The Balaban J connectivity index is 2.18. The van der Waals surface area contributed by atoms with Gasteiger partial charge in [0.05, 0.1) is 4.92 Å². The van der Waals surface area contributed by atoms with Crippen molar-refractivity contribution in [1.29, 1.82) is 0 Å². The van der Waals surface area contributed by atoms with Gasteiger partial charge in [0, 0.05) is 34.4 Å². The Hall–Kier alpha value is -1.85. The largest absolute Gasteiger partial charge is 0.381 e. The first-order valence-electron chi connectivity index (χ1n) is 5.58. The highest BCUT2D eigenvalue weighted by atomic mass is 35.5. The molecule has 0 aromatic heterocycles. The fourth-order valence-electron chi connectivity index (χ4n) is 1.66. The van der Waals surface area contributed by atoms with Crippen molar-refractivity contribution in [2.24, 2.45) is 0 Å². The van der Waals surface area contributed by atoms with Gasteiger partial charge in [0.15, 0.2) is 0 Å². The van der Waals surface area contributed by atoms with Crippen LogP contribution >= 0.6 is 23.2 Å². The molecule has 7 heteroatoms. The van der Waals surface area contributed by atoms with E-state index in [1.165, 1.54) is 30.3 Å². The van der Waals surface area contributed by atoms with Crippen molar-refractivity contribution in [3.05, 3.63) is 67.9 Å². The van der Waals surface area contributed by atoms with Crippen LogP contribution in [0.1, 0.15) is 5.56 Å². The lowest BCUT2D eigenvalue weighted by Gasteiger charge is -2.08. The van der Waals surface area contributed by atoms with E-state index in [1.807, 2.05) is 0 Å². The summed E-state index contributed by atoms with van der Waals surface area (Å²) >= 11 is 11.7. The number of nitro benzene ring substituents is 1. The molecule has 0 bridgehead atoms. The molecule has 0 aliphatic rings. The third kappa shape index (κ3) is 3.59. The minimum atomic E-state index is -0.501. The summed E-state index contributed by atoms with van der Waals surface area (Å²) in [6.07, 6.45) is 0. The second-order valence-corrected chi connectivity index (χ2v) is 4.89. The number of halogens is 3. The van der Waals surface area contributed by atoms with E-state index < -0.39 is 10.7 Å². The quantitative estimate of drug-likeness (QED) is 0.660. The number of non-ortho nitro benzene ring substituents is 1. The predicted octanol–water partition coefficient (Wildman–Crippen LogP) is 4.65. The number of nitro groups is 1. The zero-order valence-corrected chi connectivity index (χ0v) is 11.6. The summed E-state index contributed by atoms with van der Waals surface area (Å²) in [4.78, 5) is 10.2. The van der Waals surface area contributed by atoms with Crippen LogP contribution in [0.15, 0.2) is 36.4 Å². The van der Waals surface area contributed by atoms with Crippen LogP contribution in [-0.2, 0) is 6.54 Å². The minimum absolute atomic E-state index is 0.0523. The third-order valence-corrected chi connectivity index (χ3v) is 3.17. The SMILES string of the molecule is O=[N+]([O-])c1ccc(Cl)c(CNc2cc(F)cc(Cl)c2)c1. The van der Waals surface area contributed by atoms with Gasteiger partial charge in [-0.15, -0.1) is 0 Å². The van der Waals surface area contributed by atoms with Crippen molar-refractivity contribution in [3.63, 3.8) is 0 Å². The molecule has 0 aliphatic heterocycles. The van der Waals surface area contributed by atoms with Crippen molar-refractivity contribution in [1.82, 2.24) is 0 Å². The Kier molecular flexibility index (Phi) is 4.42. The number of benzene rings is 2. The molecule has 0 heterocycles. The molecular weight excluding hydrogens is 306 g/mol. The molecular formula is C13H9Cl2FN2O2. The number of hydrogen-bond donors (Lipinski definition) is 1. The van der Waals surface area contributed by atoms with Crippen molar-refractivity contribution in [2.45, 2.75) is 6.54 Å². The van der Waals surface area contributed by atoms with Gasteiger partial charge in [-0.1, -0.05) is 23.2 Å². The molecule has 0 fully saturated rings. The molecule has 2 aromatic rings. The molecule has 2 rings (SSSR count). The normalized spacial score (nSPS) is 10.3. The van der Waals surface area contributed by atoms with Gasteiger partial charge in [0.2, 0.25) is 0 Å². The highest BCUT2D eigenvalue weighted by molar-refractivity contribution is 6.31. The zero-order chi connectivity index (χ0) is 14.7. The van der Waals surface area contributed by atoms with Crippen molar-refractivity contribution >= 4 is 34.6 Å². The molecule has 20 heavy (non-hydrogen) atoms. The molecule has 0 saturated carbocycles. The van der Waals surface area contributed by atoms with Crippen LogP contribution in [0.5, 0.6) is 0 Å². The minimum Gasteiger partial charge on any atom is -0.381 e. The highest BCUT2D eigenvalue weighted by Crippen LogP contribution is 2.24. The van der Waals surface area contributed by atoms with Crippen molar-refractivity contribution < 1.29 is 9.31 Å². The lowest BCUT2D eigenvalue weighted by molar-refractivity contribution is -0.384. The Bertz CT molecular complexity index is 645. The van der Waals surface area contributed by atoms with Gasteiger partial charge in [0.25, 0.3) is 5.69 Å². The van der Waals surface area contributed by atoms with E-state index in [1.54, 1.807) is 6.07 Å². The zero-order valence-electron chi connectivity index (χ0n) is 10.1. The molecule has 0 radical (unpaired) electrons. The summed E-state index contributed by atoms with van der Waals surface area (Å²) in [5.74, 6) is -0.467. The molecule has 0 atom stereocenters. The van der Waals surface area contributed by atoms with Gasteiger partial charge in [-0.3, -0.25) is 10.1 Å². The Labute approximate surface area is 124 Å². The first kappa shape index (κ1) is 14.6. The lowest BCUT2D eigenvalue weighted by Crippen LogP contribution is -2.01. The maximum Gasteiger partial charge on any atom is 0.269 e. The first-order valence-corrected chi connectivity index (χ1v) is 6.34. The standard InChI is InChI=1S/C13H9Cl2FN2O2/c14-9-4-10(16)6-11(5-9)17-7-8-3-12(18(19)20)1-2-13(8)15/h1-6,17H,7H2. The summed E-state index contributed by atoms with van der Waals surface area (Å²) in [5, 5.41) is 14.3. The molecule has 1 N–H and O–H groups in total. The fourth-order valence-corrected chi connectivity index (χ4v) is 2.07. The second-order valence-electron chi connectivity index (χ2n) is 4.04. The summed E-state index contributed by atoms with van der Waals surface area (Å²) in [5.41, 5.74) is 0.960. The van der Waals surface area contributed by atoms with Crippen LogP contribution in [0.25, 0.3) is 0 Å². The number of anilines is 1. The van der Waals surface area contributed by atoms with Crippen LogP contribution in [-0.4, -0.2) is 4.92 Å². The van der Waals surface area contributed by atoms with Gasteiger partial charge >= 0.3 is 0 Å². The highest BCUT2D eigenvalue weighted by Gasteiger charge is 2.09. The molecule has 0 aliphatic carbocycles. The van der Waals surface area contributed by atoms with E-state index in [0.29, 0.717) is 16.3 Å². The average molecular weight is 315 g/mol. The maximum atomic E-state index is 13.2. The summed E-state index contributed by atoms with van der Waals surface area (Å²) < 4.78 is 13.2. The number of nitrogens with zero attached hydrogens (tertiary/aromatic N) is 1. The van der Waals surface area contributed by atoms with Crippen LogP contribution in [0.4, 0.5) is 15.8 Å². The van der Waals surface area contributed by atoms with Gasteiger partial charge in [-0.25, -0.2) is 4.39 Å². The van der Waals surface area contributed by atoms with Gasteiger partial charge < -0.3 is 5.32 Å². The maximum absolute atomic E-state index is 13.2. The number of rotatable bonds is 4. The van der Waals surface area contributed by atoms with Crippen molar-refractivity contribution in [3.8, 4) is 0 Å². The second kappa shape index (κ2) is 6.07. The van der Waals surface area contributed by atoms with Crippen LogP contribution in [0.2, 0.25) is 10.0 Å². The fraction of sp³-hybridized carbons (Fsp3) is 0.0769. The van der Waals surface area contributed by atoms with E-state index >= 15 is 0 Å². The number of nitrogens with one attached hydrogen (secondary N) is 1. The average Bonchev–Trinajstić information content (AvgIpc) is 2.36. The Morgan fingerprint density at radius 2 is 1.95 bits per heavy atom. The molecule has 0 unspecified atom stereocenters. The molecule has 0 amide bonds. The lowest BCUT2D eigenvalue weighted by atomic mass is 10.2. The smallest absolute Gasteiger partial charge is 0.269 e.